The molecule has 2 aromatic carbocycles. The second-order valence-corrected chi connectivity index (χ2v) is 6.36. The van der Waals surface area contributed by atoms with Crippen molar-refractivity contribution in [2.75, 3.05) is 26.3 Å². The molecule has 2 aromatic rings. The van der Waals surface area contributed by atoms with Crippen molar-refractivity contribution in [1.29, 1.82) is 0 Å². The number of fused-ring (bicyclic) bond motifs is 1. The van der Waals surface area contributed by atoms with Gasteiger partial charge in [-0.25, -0.2) is 13.4 Å². The molecular weight excluding hydrogens is 276 g/mol. The van der Waals surface area contributed by atoms with Gasteiger partial charge in [0.1, 0.15) is 0 Å². The third-order valence-corrected chi connectivity index (χ3v) is 4.66. The number of benzene rings is 2. The van der Waals surface area contributed by atoms with E-state index in [4.69, 9.17) is 4.74 Å². The molecule has 20 heavy (non-hydrogen) atoms. The molecule has 1 fully saturated rings. The van der Waals surface area contributed by atoms with E-state index >= 15 is 0 Å². The molecular formula is C14H16N2O3S. The molecule has 0 atom stereocenters. The molecule has 0 aliphatic carbocycles. The van der Waals surface area contributed by atoms with Gasteiger partial charge in [-0.15, -0.1) is 4.83 Å². The standard InChI is InChI=1S/C14H16N2O3S/c17-20(18,15-16-7-9-19-10-8-16)14-6-5-12-3-1-2-4-13(12)11-14/h1-6,11,15H,7-10H2. The van der Waals surface area contributed by atoms with E-state index < -0.39 is 10.0 Å². The lowest BCUT2D eigenvalue weighted by Gasteiger charge is -2.26. The molecule has 0 bridgehead atoms. The number of ether oxygens (including phenoxy) is 1. The maximum Gasteiger partial charge on any atom is 0.253 e. The van der Waals surface area contributed by atoms with Gasteiger partial charge in [0.2, 0.25) is 0 Å². The van der Waals surface area contributed by atoms with Crippen LogP contribution in [-0.2, 0) is 14.8 Å². The average molecular weight is 292 g/mol. The first-order valence-electron chi connectivity index (χ1n) is 6.49. The molecule has 0 unspecified atom stereocenters. The van der Waals surface area contributed by atoms with E-state index in [9.17, 15) is 8.42 Å². The maximum absolute atomic E-state index is 12.4. The fourth-order valence-corrected chi connectivity index (χ4v) is 3.37. The number of hydrogen-bond donors (Lipinski definition) is 1. The molecule has 1 aliphatic heterocycles. The molecule has 1 saturated heterocycles. The number of sulfonamides is 1. The molecule has 1 aliphatic rings. The fourth-order valence-electron chi connectivity index (χ4n) is 2.21. The van der Waals surface area contributed by atoms with E-state index in [0.29, 0.717) is 26.3 Å². The number of hydrazine groups is 1. The van der Waals surface area contributed by atoms with E-state index in [-0.39, 0.29) is 4.90 Å². The molecule has 0 spiro atoms. The Hall–Kier alpha value is -1.47. The van der Waals surface area contributed by atoms with Crippen molar-refractivity contribution < 1.29 is 13.2 Å². The van der Waals surface area contributed by atoms with Gasteiger partial charge >= 0.3 is 0 Å². The monoisotopic (exact) mass is 292 g/mol. The van der Waals surface area contributed by atoms with Crippen molar-refractivity contribution in [1.82, 2.24) is 9.84 Å². The van der Waals surface area contributed by atoms with Crippen LogP contribution in [0.15, 0.2) is 47.4 Å². The van der Waals surface area contributed by atoms with Crippen LogP contribution in [0, 0.1) is 0 Å². The molecule has 0 aromatic heterocycles. The van der Waals surface area contributed by atoms with Gasteiger partial charge in [0.15, 0.2) is 0 Å². The fraction of sp³-hybridized carbons (Fsp3) is 0.286. The summed E-state index contributed by atoms with van der Waals surface area (Å²) in [6.07, 6.45) is 0. The summed E-state index contributed by atoms with van der Waals surface area (Å²) in [6, 6.07) is 12.8. The van der Waals surface area contributed by atoms with Gasteiger partial charge < -0.3 is 4.74 Å². The van der Waals surface area contributed by atoms with E-state index in [0.717, 1.165) is 10.8 Å². The molecule has 0 radical (unpaired) electrons. The van der Waals surface area contributed by atoms with Gasteiger partial charge in [-0.3, -0.25) is 0 Å². The van der Waals surface area contributed by atoms with Gasteiger partial charge in [-0.1, -0.05) is 30.3 Å². The zero-order valence-corrected chi connectivity index (χ0v) is 11.8. The predicted molar refractivity (Wildman–Crippen MR) is 76.7 cm³/mol. The number of hydrogen-bond acceptors (Lipinski definition) is 4. The summed E-state index contributed by atoms with van der Waals surface area (Å²) in [4.78, 5) is 2.88. The van der Waals surface area contributed by atoms with Crippen molar-refractivity contribution in [2.24, 2.45) is 0 Å². The van der Waals surface area contributed by atoms with Crippen LogP contribution < -0.4 is 4.83 Å². The van der Waals surface area contributed by atoms with Crippen molar-refractivity contribution in [2.45, 2.75) is 4.90 Å². The first kappa shape index (κ1) is 13.5. The molecule has 1 N–H and O–H groups in total. The van der Waals surface area contributed by atoms with Crippen LogP contribution in [-0.4, -0.2) is 39.7 Å². The summed E-state index contributed by atoms with van der Waals surface area (Å²) >= 11 is 0. The molecule has 106 valence electrons. The highest BCUT2D eigenvalue weighted by Crippen LogP contribution is 2.19. The van der Waals surface area contributed by atoms with Gasteiger partial charge in [-0.2, -0.15) is 0 Å². The van der Waals surface area contributed by atoms with Crippen LogP contribution in [0.5, 0.6) is 0 Å². The van der Waals surface area contributed by atoms with Gasteiger partial charge in [0.25, 0.3) is 10.0 Å². The Bertz CT molecular complexity index is 709. The first-order chi connectivity index (χ1) is 9.65. The number of rotatable bonds is 3. The third kappa shape index (κ3) is 2.83. The summed E-state index contributed by atoms with van der Waals surface area (Å²) in [6.45, 7) is 2.21. The van der Waals surface area contributed by atoms with Crippen LogP contribution in [0.3, 0.4) is 0 Å². The van der Waals surface area contributed by atoms with Crippen molar-refractivity contribution in [3.63, 3.8) is 0 Å². The molecule has 6 heteroatoms. The SMILES string of the molecule is O=S(=O)(NN1CCOCC1)c1ccc2ccccc2c1. The maximum atomic E-state index is 12.4. The smallest absolute Gasteiger partial charge is 0.253 e. The van der Waals surface area contributed by atoms with Crippen LogP contribution in [0.25, 0.3) is 10.8 Å². The van der Waals surface area contributed by atoms with Crippen LogP contribution in [0.2, 0.25) is 0 Å². The van der Waals surface area contributed by atoms with Gasteiger partial charge in [-0.05, 0) is 22.9 Å². The Labute approximate surface area is 118 Å². The third-order valence-electron chi connectivity index (χ3n) is 3.29. The highest BCUT2D eigenvalue weighted by atomic mass is 32.2. The van der Waals surface area contributed by atoms with E-state index in [1.165, 1.54) is 0 Å². The average Bonchev–Trinajstić information content (AvgIpc) is 2.47. The molecule has 1 heterocycles. The van der Waals surface area contributed by atoms with Crippen molar-refractivity contribution in [3.05, 3.63) is 42.5 Å². The van der Waals surface area contributed by atoms with Crippen molar-refractivity contribution >= 4 is 20.8 Å². The summed E-state index contributed by atoms with van der Waals surface area (Å²) in [5.41, 5.74) is 0. The van der Waals surface area contributed by atoms with Crippen LogP contribution in [0.1, 0.15) is 0 Å². The minimum Gasteiger partial charge on any atom is -0.379 e. The second-order valence-electron chi connectivity index (χ2n) is 4.70. The Morgan fingerprint density at radius 3 is 2.45 bits per heavy atom. The highest BCUT2D eigenvalue weighted by Gasteiger charge is 2.20. The molecule has 0 amide bonds. The van der Waals surface area contributed by atoms with Crippen LogP contribution >= 0.6 is 0 Å². The molecule has 0 saturated carbocycles. The molecule has 3 rings (SSSR count). The van der Waals surface area contributed by atoms with Crippen molar-refractivity contribution in [3.8, 4) is 0 Å². The Morgan fingerprint density at radius 1 is 1.00 bits per heavy atom. The Morgan fingerprint density at radius 2 is 1.70 bits per heavy atom. The Kier molecular flexibility index (Phi) is 3.71. The number of nitrogens with one attached hydrogen (secondary N) is 1. The van der Waals surface area contributed by atoms with Crippen LogP contribution in [0.4, 0.5) is 0 Å². The van der Waals surface area contributed by atoms with Gasteiger partial charge in [0.05, 0.1) is 18.1 Å². The largest absolute Gasteiger partial charge is 0.379 e. The zero-order valence-electron chi connectivity index (χ0n) is 11.0. The predicted octanol–water partition coefficient (Wildman–Crippen LogP) is 1.37. The lowest BCUT2D eigenvalue weighted by Crippen LogP contribution is -2.48. The summed E-state index contributed by atoms with van der Waals surface area (Å²) < 4.78 is 29.9. The Balaban J connectivity index is 1.88. The van der Waals surface area contributed by atoms with E-state index in [1.807, 2.05) is 30.3 Å². The number of morpholine rings is 1. The normalized spacial score (nSPS) is 17.4. The summed E-state index contributed by atoms with van der Waals surface area (Å²) in [5, 5.41) is 3.61. The number of nitrogens with zero attached hydrogens (tertiary/aromatic N) is 1. The minimum atomic E-state index is -3.53. The minimum absolute atomic E-state index is 0.280. The quantitative estimate of drug-likeness (QED) is 0.928. The first-order valence-corrected chi connectivity index (χ1v) is 7.97. The highest BCUT2D eigenvalue weighted by molar-refractivity contribution is 7.89. The lowest BCUT2D eigenvalue weighted by molar-refractivity contribution is 0.0272. The zero-order chi connectivity index (χ0) is 14.0. The topological polar surface area (TPSA) is 58.6 Å². The lowest BCUT2D eigenvalue weighted by atomic mass is 10.1. The summed E-state index contributed by atoms with van der Waals surface area (Å²) in [7, 11) is -3.53. The second kappa shape index (κ2) is 5.49. The molecule has 5 nitrogen and oxygen atoms in total. The van der Waals surface area contributed by atoms with E-state index in [2.05, 4.69) is 4.83 Å². The van der Waals surface area contributed by atoms with Gasteiger partial charge in [0, 0.05) is 13.1 Å². The summed E-state index contributed by atoms with van der Waals surface area (Å²) in [5.74, 6) is 0. The van der Waals surface area contributed by atoms with E-state index in [1.54, 1.807) is 17.1 Å².